The van der Waals surface area contributed by atoms with Gasteiger partial charge in [-0.2, -0.15) is 0 Å². The van der Waals surface area contributed by atoms with Crippen molar-refractivity contribution in [1.29, 1.82) is 0 Å². The van der Waals surface area contributed by atoms with Crippen molar-refractivity contribution in [2.45, 2.75) is 20.8 Å². The van der Waals surface area contributed by atoms with E-state index in [9.17, 15) is 9.90 Å². The van der Waals surface area contributed by atoms with Gasteiger partial charge in [-0.25, -0.2) is 0 Å². The van der Waals surface area contributed by atoms with Gasteiger partial charge in [0.15, 0.2) is 11.7 Å². The molecule has 0 saturated heterocycles. The topological polar surface area (TPSA) is 70.6 Å². The second-order valence-corrected chi connectivity index (χ2v) is 6.95. The molecule has 0 aliphatic carbocycles. The van der Waals surface area contributed by atoms with Gasteiger partial charge in [-0.1, -0.05) is 17.7 Å². The molecule has 0 spiro atoms. The number of amides is 1. The standard InChI is InChI=1S/C18H19BrN2O3S/c1-10-4-5-15(11(2)6-10)24-9-16(22)21-18(25)20-13-7-12(3)17(23)14(19)8-13/h4-8,23H,9H2,1-3H3,(H2,20,21,22,25). The quantitative estimate of drug-likeness (QED) is 0.513. The van der Waals surface area contributed by atoms with Crippen LogP contribution in [0.25, 0.3) is 0 Å². The van der Waals surface area contributed by atoms with E-state index in [0.717, 1.165) is 11.1 Å². The first kappa shape index (κ1) is 19.2. The van der Waals surface area contributed by atoms with E-state index in [1.165, 1.54) is 0 Å². The third-order valence-electron chi connectivity index (χ3n) is 3.45. The number of phenols is 1. The zero-order valence-electron chi connectivity index (χ0n) is 14.1. The molecule has 7 heteroatoms. The molecule has 0 aromatic heterocycles. The number of rotatable bonds is 4. The molecule has 1 amide bonds. The monoisotopic (exact) mass is 422 g/mol. The summed E-state index contributed by atoms with van der Waals surface area (Å²) in [6, 6.07) is 9.16. The zero-order valence-corrected chi connectivity index (χ0v) is 16.5. The molecule has 0 fully saturated rings. The Kier molecular flexibility index (Phi) is 6.39. The van der Waals surface area contributed by atoms with Crippen LogP contribution in [0.3, 0.4) is 0 Å². The van der Waals surface area contributed by atoms with Gasteiger partial charge in [0.1, 0.15) is 11.5 Å². The van der Waals surface area contributed by atoms with Gasteiger partial charge in [0.25, 0.3) is 5.91 Å². The second kappa shape index (κ2) is 8.31. The fraction of sp³-hybridized carbons (Fsp3) is 0.222. The third kappa shape index (κ3) is 5.44. The normalized spacial score (nSPS) is 10.2. The van der Waals surface area contributed by atoms with Gasteiger partial charge < -0.3 is 15.2 Å². The van der Waals surface area contributed by atoms with Crippen LogP contribution in [0.5, 0.6) is 11.5 Å². The van der Waals surface area contributed by atoms with Crippen molar-refractivity contribution in [3.05, 3.63) is 51.5 Å². The SMILES string of the molecule is Cc1ccc(OCC(=O)NC(=S)Nc2cc(C)c(O)c(Br)c2)c(C)c1. The van der Waals surface area contributed by atoms with E-state index in [1.54, 1.807) is 19.1 Å². The highest BCUT2D eigenvalue weighted by molar-refractivity contribution is 9.10. The first-order valence-electron chi connectivity index (χ1n) is 7.56. The largest absolute Gasteiger partial charge is 0.506 e. The smallest absolute Gasteiger partial charge is 0.264 e. The van der Waals surface area contributed by atoms with E-state index in [2.05, 4.69) is 26.6 Å². The van der Waals surface area contributed by atoms with Crippen molar-refractivity contribution >= 4 is 44.9 Å². The van der Waals surface area contributed by atoms with E-state index in [0.29, 0.717) is 21.5 Å². The predicted molar refractivity (Wildman–Crippen MR) is 106 cm³/mol. The van der Waals surface area contributed by atoms with E-state index in [-0.39, 0.29) is 23.4 Å². The molecular formula is C18H19BrN2O3S. The van der Waals surface area contributed by atoms with Gasteiger partial charge in [0, 0.05) is 5.69 Å². The number of thiocarbonyl (C=S) groups is 1. The number of hydrogen-bond donors (Lipinski definition) is 3. The van der Waals surface area contributed by atoms with Gasteiger partial charge in [-0.15, -0.1) is 0 Å². The van der Waals surface area contributed by atoms with Crippen LogP contribution in [0.2, 0.25) is 0 Å². The molecule has 3 N–H and O–H groups in total. The molecule has 2 rings (SSSR count). The van der Waals surface area contributed by atoms with Crippen LogP contribution >= 0.6 is 28.1 Å². The number of hydrogen-bond acceptors (Lipinski definition) is 4. The lowest BCUT2D eigenvalue weighted by Crippen LogP contribution is -2.37. The number of ether oxygens (including phenoxy) is 1. The van der Waals surface area contributed by atoms with Crippen molar-refractivity contribution in [3.8, 4) is 11.5 Å². The van der Waals surface area contributed by atoms with Crippen molar-refractivity contribution in [1.82, 2.24) is 5.32 Å². The van der Waals surface area contributed by atoms with E-state index < -0.39 is 0 Å². The Bertz CT molecular complexity index is 801. The van der Waals surface area contributed by atoms with Gasteiger partial charge in [-0.05, 0) is 78.2 Å². The maximum absolute atomic E-state index is 12.0. The summed E-state index contributed by atoms with van der Waals surface area (Å²) >= 11 is 8.39. The third-order valence-corrected chi connectivity index (χ3v) is 4.26. The number of aryl methyl sites for hydroxylation is 3. The molecule has 25 heavy (non-hydrogen) atoms. The van der Waals surface area contributed by atoms with Gasteiger partial charge in [0.2, 0.25) is 0 Å². The van der Waals surface area contributed by atoms with Crippen LogP contribution in [0.1, 0.15) is 16.7 Å². The highest BCUT2D eigenvalue weighted by atomic mass is 79.9. The Balaban J connectivity index is 1.89. The number of nitrogens with one attached hydrogen (secondary N) is 2. The summed E-state index contributed by atoms with van der Waals surface area (Å²) < 4.78 is 6.06. The fourth-order valence-corrected chi connectivity index (χ4v) is 3.03. The molecule has 2 aromatic rings. The average Bonchev–Trinajstić information content (AvgIpc) is 2.51. The molecule has 0 bridgehead atoms. The number of benzene rings is 2. The van der Waals surface area contributed by atoms with Crippen LogP contribution in [-0.2, 0) is 4.79 Å². The summed E-state index contributed by atoms with van der Waals surface area (Å²) in [7, 11) is 0. The molecule has 0 atom stereocenters. The van der Waals surface area contributed by atoms with Gasteiger partial charge in [0.05, 0.1) is 4.47 Å². The minimum absolute atomic E-state index is 0.135. The number of aromatic hydroxyl groups is 1. The molecule has 0 radical (unpaired) electrons. The summed E-state index contributed by atoms with van der Waals surface area (Å²) in [6.07, 6.45) is 0. The molecular weight excluding hydrogens is 404 g/mol. The summed E-state index contributed by atoms with van der Waals surface area (Å²) in [5.41, 5.74) is 3.44. The van der Waals surface area contributed by atoms with Crippen molar-refractivity contribution in [2.24, 2.45) is 0 Å². The number of phenolic OH excluding ortho intramolecular Hbond substituents is 1. The second-order valence-electron chi connectivity index (χ2n) is 5.68. The summed E-state index contributed by atoms with van der Waals surface area (Å²) in [5.74, 6) is 0.479. The summed E-state index contributed by atoms with van der Waals surface area (Å²) in [6.45, 7) is 5.56. The Morgan fingerprint density at radius 2 is 1.92 bits per heavy atom. The number of carbonyl (C=O) groups is 1. The Hall–Kier alpha value is -2.12. The molecule has 0 heterocycles. The van der Waals surface area contributed by atoms with E-state index in [1.807, 2.05) is 32.0 Å². The lowest BCUT2D eigenvalue weighted by atomic mass is 10.1. The number of carbonyl (C=O) groups excluding carboxylic acids is 1. The first-order chi connectivity index (χ1) is 11.8. The highest BCUT2D eigenvalue weighted by Crippen LogP contribution is 2.30. The summed E-state index contributed by atoms with van der Waals surface area (Å²) in [5, 5.41) is 15.4. The Morgan fingerprint density at radius 1 is 1.20 bits per heavy atom. The predicted octanol–water partition coefficient (Wildman–Crippen LogP) is 3.97. The van der Waals surface area contributed by atoms with Crippen LogP contribution in [0.15, 0.2) is 34.8 Å². The zero-order chi connectivity index (χ0) is 18.6. The Labute approximate surface area is 160 Å². The molecule has 5 nitrogen and oxygen atoms in total. The Morgan fingerprint density at radius 3 is 2.56 bits per heavy atom. The van der Waals surface area contributed by atoms with Gasteiger partial charge >= 0.3 is 0 Å². The molecule has 0 saturated carbocycles. The van der Waals surface area contributed by atoms with Crippen LogP contribution in [-0.4, -0.2) is 22.7 Å². The van der Waals surface area contributed by atoms with E-state index >= 15 is 0 Å². The number of halogens is 1. The maximum Gasteiger partial charge on any atom is 0.264 e. The van der Waals surface area contributed by atoms with Crippen LogP contribution in [0, 0.1) is 20.8 Å². The van der Waals surface area contributed by atoms with E-state index in [4.69, 9.17) is 17.0 Å². The molecule has 2 aromatic carbocycles. The van der Waals surface area contributed by atoms with Crippen molar-refractivity contribution < 1.29 is 14.6 Å². The van der Waals surface area contributed by atoms with Crippen LogP contribution in [0.4, 0.5) is 5.69 Å². The van der Waals surface area contributed by atoms with Gasteiger partial charge in [-0.3, -0.25) is 10.1 Å². The minimum atomic E-state index is -0.355. The maximum atomic E-state index is 12.0. The molecule has 132 valence electrons. The molecule has 0 aliphatic rings. The minimum Gasteiger partial charge on any atom is -0.506 e. The van der Waals surface area contributed by atoms with Crippen molar-refractivity contribution in [3.63, 3.8) is 0 Å². The average molecular weight is 423 g/mol. The fourth-order valence-electron chi connectivity index (χ4n) is 2.24. The lowest BCUT2D eigenvalue weighted by molar-refractivity contribution is -0.121. The lowest BCUT2D eigenvalue weighted by Gasteiger charge is -2.13. The molecule has 0 aliphatic heterocycles. The summed E-state index contributed by atoms with van der Waals surface area (Å²) in [4.78, 5) is 12.0. The highest BCUT2D eigenvalue weighted by Gasteiger charge is 2.09. The number of anilines is 1. The van der Waals surface area contributed by atoms with Crippen LogP contribution < -0.4 is 15.4 Å². The first-order valence-corrected chi connectivity index (χ1v) is 8.76. The van der Waals surface area contributed by atoms with Crippen molar-refractivity contribution in [2.75, 3.05) is 11.9 Å². The molecule has 0 unspecified atom stereocenters.